The van der Waals surface area contributed by atoms with Gasteiger partial charge in [0, 0.05) is 6.54 Å². The zero-order chi connectivity index (χ0) is 14.5. The monoisotopic (exact) mass is 264 g/mol. The van der Waals surface area contributed by atoms with Crippen LogP contribution < -0.4 is 10.6 Å². The molecule has 0 bridgehead atoms. The Labute approximate surface area is 113 Å². The number of hydrogen-bond acceptors (Lipinski definition) is 2. The number of benzene rings is 1. The van der Waals surface area contributed by atoms with E-state index in [1.165, 1.54) is 25.0 Å². The van der Waals surface area contributed by atoms with Crippen molar-refractivity contribution in [1.29, 1.82) is 0 Å². The lowest BCUT2D eigenvalue weighted by molar-refractivity contribution is -0.142. The predicted octanol–water partition coefficient (Wildman–Crippen LogP) is 1.70. The van der Waals surface area contributed by atoms with Crippen molar-refractivity contribution in [3.63, 3.8) is 0 Å². The van der Waals surface area contributed by atoms with E-state index in [4.69, 9.17) is 5.11 Å². The number of hydrogen-bond donors (Lipinski definition) is 3. The lowest BCUT2D eigenvalue weighted by atomic mass is 10.1. The van der Waals surface area contributed by atoms with E-state index in [0.29, 0.717) is 13.0 Å². The molecule has 0 atom stereocenters. The molecule has 19 heavy (non-hydrogen) atoms. The van der Waals surface area contributed by atoms with Gasteiger partial charge in [0.2, 0.25) is 0 Å². The van der Waals surface area contributed by atoms with Gasteiger partial charge in [-0.2, -0.15) is 0 Å². The SMILES string of the molecule is Cc1ccccc1CCNC(=O)NC(C)(C)C(=O)O. The summed E-state index contributed by atoms with van der Waals surface area (Å²) in [4.78, 5) is 22.4. The molecule has 0 saturated carbocycles. The minimum Gasteiger partial charge on any atom is -0.480 e. The second-order valence-corrected chi connectivity index (χ2v) is 4.99. The second kappa shape index (κ2) is 6.22. The van der Waals surface area contributed by atoms with Gasteiger partial charge in [-0.3, -0.25) is 0 Å². The zero-order valence-electron chi connectivity index (χ0n) is 11.5. The molecule has 104 valence electrons. The maximum absolute atomic E-state index is 11.6. The Morgan fingerprint density at radius 1 is 1.26 bits per heavy atom. The molecule has 5 nitrogen and oxygen atoms in total. The highest BCUT2D eigenvalue weighted by Crippen LogP contribution is 2.07. The first-order valence-electron chi connectivity index (χ1n) is 6.17. The lowest BCUT2D eigenvalue weighted by Crippen LogP contribution is -2.53. The first-order valence-corrected chi connectivity index (χ1v) is 6.17. The fraction of sp³-hybridized carbons (Fsp3) is 0.429. The summed E-state index contributed by atoms with van der Waals surface area (Å²) in [6, 6.07) is 7.48. The second-order valence-electron chi connectivity index (χ2n) is 4.99. The van der Waals surface area contributed by atoms with Gasteiger partial charge in [0.1, 0.15) is 5.54 Å². The number of aryl methyl sites for hydroxylation is 1. The molecule has 1 aromatic carbocycles. The van der Waals surface area contributed by atoms with Crippen LogP contribution in [-0.2, 0) is 11.2 Å². The Balaban J connectivity index is 2.40. The van der Waals surface area contributed by atoms with E-state index in [0.717, 1.165) is 0 Å². The minimum atomic E-state index is -1.27. The van der Waals surface area contributed by atoms with Crippen LogP contribution in [0.5, 0.6) is 0 Å². The Hall–Kier alpha value is -2.04. The zero-order valence-corrected chi connectivity index (χ0v) is 11.5. The summed E-state index contributed by atoms with van der Waals surface area (Å²) in [5.41, 5.74) is 1.07. The van der Waals surface area contributed by atoms with Gasteiger partial charge in [0.15, 0.2) is 0 Å². The maximum Gasteiger partial charge on any atom is 0.328 e. The lowest BCUT2D eigenvalue weighted by Gasteiger charge is -2.21. The van der Waals surface area contributed by atoms with Gasteiger partial charge >= 0.3 is 12.0 Å². The van der Waals surface area contributed by atoms with Crippen molar-refractivity contribution < 1.29 is 14.7 Å². The number of nitrogens with one attached hydrogen (secondary N) is 2. The molecule has 1 rings (SSSR count). The van der Waals surface area contributed by atoms with Crippen LogP contribution in [-0.4, -0.2) is 29.2 Å². The van der Waals surface area contributed by atoms with Gasteiger partial charge in [0.05, 0.1) is 0 Å². The largest absolute Gasteiger partial charge is 0.480 e. The average Bonchev–Trinajstić information content (AvgIpc) is 2.30. The first-order chi connectivity index (χ1) is 8.83. The van der Waals surface area contributed by atoms with Gasteiger partial charge in [-0.15, -0.1) is 0 Å². The third-order valence-electron chi connectivity index (χ3n) is 2.90. The van der Waals surface area contributed by atoms with Gasteiger partial charge in [0.25, 0.3) is 0 Å². The maximum atomic E-state index is 11.6. The summed E-state index contributed by atoms with van der Waals surface area (Å²) in [6.07, 6.45) is 0.716. The Kier molecular flexibility index (Phi) is 4.92. The fourth-order valence-corrected chi connectivity index (χ4v) is 1.58. The smallest absolute Gasteiger partial charge is 0.328 e. The summed E-state index contributed by atoms with van der Waals surface area (Å²) in [7, 11) is 0. The Bertz CT molecular complexity index is 470. The van der Waals surface area contributed by atoms with Crippen molar-refractivity contribution in [3.05, 3.63) is 35.4 Å². The molecule has 0 aliphatic heterocycles. The van der Waals surface area contributed by atoms with Gasteiger partial charge in [-0.25, -0.2) is 9.59 Å². The molecular formula is C14H20N2O3. The molecule has 2 amide bonds. The third-order valence-corrected chi connectivity index (χ3v) is 2.90. The molecule has 0 heterocycles. The van der Waals surface area contributed by atoms with Crippen LogP contribution in [0.3, 0.4) is 0 Å². The Morgan fingerprint density at radius 2 is 1.89 bits per heavy atom. The van der Waals surface area contributed by atoms with Gasteiger partial charge in [-0.1, -0.05) is 24.3 Å². The van der Waals surface area contributed by atoms with E-state index in [-0.39, 0.29) is 0 Å². The molecule has 0 fully saturated rings. The molecule has 5 heteroatoms. The highest BCUT2D eigenvalue weighted by Gasteiger charge is 2.28. The number of amides is 2. The van der Waals surface area contributed by atoms with E-state index >= 15 is 0 Å². The summed E-state index contributed by atoms with van der Waals surface area (Å²) >= 11 is 0. The first kappa shape index (κ1) is 15.0. The highest BCUT2D eigenvalue weighted by molar-refractivity contribution is 5.85. The molecule has 0 aliphatic rings. The number of carboxylic acid groups (broad SMARTS) is 1. The van der Waals surface area contributed by atoms with E-state index in [9.17, 15) is 9.59 Å². The number of aliphatic carboxylic acids is 1. The summed E-state index contributed by atoms with van der Waals surface area (Å²) in [5, 5.41) is 14.0. The van der Waals surface area contributed by atoms with E-state index in [2.05, 4.69) is 10.6 Å². The average molecular weight is 264 g/mol. The Morgan fingerprint density at radius 3 is 2.47 bits per heavy atom. The number of urea groups is 1. The molecule has 1 aromatic rings. The van der Waals surface area contributed by atoms with Crippen molar-refractivity contribution in [1.82, 2.24) is 10.6 Å². The van der Waals surface area contributed by atoms with Crippen molar-refractivity contribution in [2.75, 3.05) is 6.54 Å². The summed E-state index contributed by atoms with van der Waals surface area (Å²) in [6.45, 7) is 5.36. The van der Waals surface area contributed by atoms with Crippen molar-refractivity contribution in [3.8, 4) is 0 Å². The van der Waals surface area contributed by atoms with Crippen molar-refractivity contribution >= 4 is 12.0 Å². The molecule has 0 aliphatic carbocycles. The van der Waals surface area contributed by atoms with Crippen molar-refractivity contribution in [2.24, 2.45) is 0 Å². The van der Waals surface area contributed by atoms with E-state index < -0.39 is 17.5 Å². The van der Waals surface area contributed by atoms with E-state index in [1.807, 2.05) is 31.2 Å². The molecule has 0 spiro atoms. The number of carboxylic acids is 1. The van der Waals surface area contributed by atoms with Gasteiger partial charge in [-0.05, 0) is 38.3 Å². The molecule has 0 radical (unpaired) electrons. The number of carbonyl (C=O) groups excluding carboxylic acids is 1. The molecule has 0 aromatic heterocycles. The predicted molar refractivity (Wildman–Crippen MR) is 73.1 cm³/mol. The van der Waals surface area contributed by atoms with Crippen molar-refractivity contribution in [2.45, 2.75) is 32.7 Å². The van der Waals surface area contributed by atoms with Crippen LogP contribution in [0, 0.1) is 6.92 Å². The molecule has 3 N–H and O–H groups in total. The van der Waals surface area contributed by atoms with Crippen LogP contribution in [0.1, 0.15) is 25.0 Å². The molecule has 0 unspecified atom stereocenters. The van der Waals surface area contributed by atoms with E-state index in [1.54, 1.807) is 0 Å². The minimum absolute atomic E-state index is 0.465. The summed E-state index contributed by atoms with van der Waals surface area (Å²) in [5.74, 6) is -1.07. The standard InChI is InChI=1S/C14H20N2O3/c1-10-6-4-5-7-11(10)8-9-15-13(19)16-14(2,3)12(17)18/h4-7H,8-9H2,1-3H3,(H,17,18)(H2,15,16,19). The molecule has 0 saturated heterocycles. The fourth-order valence-electron chi connectivity index (χ4n) is 1.58. The quantitative estimate of drug-likeness (QED) is 0.757. The highest BCUT2D eigenvalue weighted by atomic mass is 16.4. The van der Waals surface area contributed by atoms with Crippen LogP contribution in [0.25, 0.3) is 0 Å². The third kappa shape index (κ3) is 4.62. The molecular weight excluding hydrogens is 244 g/mol. The van der Waals surface area contributed by atoms with Crippen LogP contribution >= 0.6 is 0 Å². The van der Waals surface area contributed by atoms with Crippen LogP contribution in [0.4, 0.5) is 4.79 Å². The van der Waals surface area contributed by atoms with Crippen LogP contribution in [0.15, 0.2) is 24.3 Å². The van der Waals surface area contributed by atoms with Crippen LogP contribution in [0.2, 0.25) is 0 Å². The normalized spacial score (nSPS) is 10.9. The number of rotatable bonds is 5. The topological polar surface area (TPSA) is 78.4 Å². The number of carbonyl (C=O) groups is 2. The van der Waals surface area contributed by atoms with Gasteiger partial charge < -0.3 is 15.7 Å². The summed E-state index contributed by atoms with van der Waals surface area (Å²) < 4.78 is 0.